The third-order valence-electron chi connectivity index (χ3n) is 0. The van der Waals surface area contributed by atoms with Crippen LogP contribution in [0.5, 0.6) is 0 Å². The summed E-state index contributed by atoms with van der Waals surface area (Å²) in [5.74, 6) is 0. The van der Waals surface area contributed by atoms with Crippen molar-refractivity contribution >= 4 is 73.3 Å². The van der Waals surface area contributed by atoms with E-state index < -0.39 is 22.0 Å². The van der Waals surface area contributed by atoms with Gasteiger partial charge in [0.1, 0.15) is 0 Å². The van der Waals surface area contributed by atoms with Crippen LogP contribution in [0.25, 0.3) is 0 Å². The Balaban J connectivity index is -0.0000000298. The van der Waals surface area contributed by atoms with E-state index in [4.69, 9.17) is 45.2 Å². The number of hydrogen-bond acceptors (Lipinski definition) is 9. The van der Waals surface area contributed by atoms with E-state index in [0.29, 0.717) is 0 Å². The maximum absolute atomic E-state index is 7.17. The van der Waals surface area contributed by atoms with Crippen LogP contribution in [0, 0.1) is 0 Å². The Hall–Kier alpha value is 1.21. The van der Waals surface area contributed by atoms with E-state index in [0.717, 1.165) is 0 Å². The van der Waals surface area contributed by atoms with Crippen molar-refractivity contribution in [3.8, 4) is 0 Å². The second-order valence-electron chi connectivity index (χ2n) is 1.04. The molecule has 0 rings (SSSR count). The van der Waals surface area contributed by atoms with Crippen LogP contribution in [-0.4, -0.2) is 119 Å². The molecule has 0 atom stereocenters. The molecule has 9 N–H and O–H groups in total. The summed E-state index contributed by atoms with van der Waals surface area (Å²) in [4.78, 5) is 0. The van der Waals surface area contributed by atoms with E-state index >= 15 is 0 Å². The molecule has 0 aliphatic rings. The molecule has 0 bridgehead atoms. The van der Waals surface area contributed by atoms with Gasteiger partial charge in [0.15, 0.2) is 0 Å². The molecule has 0 fully saturated rings. The number of hydrogen-bond donors (Lipinski definition) is 9. The molecule has 0 unspecified atom stereocenters. The van der Waals surface area contributed by atoms with Crippen molar-refractivity contribution in [1.82, 2.24) is 0 Å². The van der Waals surface area contributed by atoms with Gasteiger partial charge in [0, 0.05) is 0 Å². The van der Waals surface area contributed by atoms with Crippen LogP contribution in [0.4, 0.5) is 0 Å². The van der Waals surface area contributed by atoms with Crippen molar-refractivity contribution in [1.29, 1.82) is 0 Å². The van der Waals surface area contributed by atoms with Crippen molar-refractivity contribution in [3.05, 3.63) is 13.2 Å². The van der Waals surface area contributed by atoms with Gasteiger partial charge in [0.2, 0.25) is 0 Å². The van der Waals surface area contributed by atoms with E-state index in [-0.39, 0.29) is 51.4 Å². The van der Waals surface area contributed by atoms with Gasteiger partial charge in [-0.3, -0.25) is 0 Å². The predicted molar refractivity (Wildman–Crippen MR) is 55.6 cm³/mol. The fourth-order valence-electron chi connectivity index (χ4n) is 0. The first-order valence-corrected chi connectivity index (χ1v) is 2.82. The molecule has 0 aromatic rings. The SMILES string of the molecule is C=C.OB(O)O.OB(O)O.OB(O)O.[KH]. The van der Waals surface area contributed by atoms with Crippen molar-refractivity contribution in [2.24, 2.45) is 0 Å². The average molecular weight is 254 g/mol. The normalized spacial score (nSPS) is 5.67. The third kappa shape index (κ3) is 1810. The summed E-state index contributed by atoms with van der Waals surface area (Å²) in [6.07, 6.45) is 0. The topological polar surface area (TPSA) is 182 Å². The Bertz CT molecular complexity index is 61.2. The van der Waals surface area contributed by atoms with Crippen LogP contribution in [0.1, 0.15) is 0 Å². The summed E-state index contributed by atoms with van der Waals surface area (Å²) in [5, 5.41) is 64.5. The Kier molecular flexibility index (Phi) is 58.6. The fourth-order valence-corrected chi connectivity index (χ4v) is 0. The van der Waals surface area contributed by atoms with Gasteiger partial charge in [-0.2, -0.15) is 0 Å². The molecule has 0 aliphatic heterocycles. The first-order chi connectivity index (χ1) is 6.20. The van der Waals surface area contributed by atoms with Crippen molar-refractivity contribution < 1.29 is 45.2 Å². The second-order valence-corrected chi connectivity index (χ2v) is 1.04. The molecule has 13 heteroatoms. The van der Waals surface area contributed by atoms with Gasteiger partial charge >= 0.3 is 73.3 Å². The summed E-state index contributed by atoms with van der Waals surface area (Å²) >= 11 is 0. The predicted octanol–water partition coefficient (Wildman–Crippen LogP) is -6.00. The minimum absolute atomic E-state index is 0. The first-order valence-electron chi connectivity index (χ1n) is 2.82. The summed E-state index contributed by atoms with van der Waals surface area (Å²) in [5.41, 5.74) is 0. The van der Waals surface area contributed by atoms with Crippen LogP contribution in [0.15, 0.2) is 13.2 Å². The zero-order valence-electron chi connectivity index (χ0n) is 7.17. The van der Waals surface area contributed by atoms with Crippen LogP contribution in [-0.2, 0) is 0 Å². The average Bonchev–Trinajstić information content (AvgIpc) is 1.86. The molecule has 0 aliphatic carbocycles. The van der Waals surface area contributed by atoms with E-state index in [2.05, 4.69) is 13.2 Å². The molecule has 0 aromatic carbocycles. The summed E-state index contributed by atoms with van der Waals surface area (Å²) in [6, 6.07) is 0. The Labute approximate surface area is 130 Å². The Morgan fingerprint density at radius 3 is 0.467 bits per heavy atom. The van der Waals surface area contributed by atoms with E-state index in [1.807, 2.05) is 0 Å². The zero-order valence-corrected chi connectivity index (χ0v) is 7.17. The van der Waals surface area contributed by atoms with Gasteiger partial charge in [0.25, 0.3) is 0 Å². The molecule has 0 spiro atoms. The maximum atomic E-state index is 7.17. The van der Waals surface area contributed by atoms with E-state index in [1.54, 1.807) is 0 Å². The van der Waals surface area contributed by atoms with Crippen LogP contribution in [0.2, 0.25) is 0 Å². The standard InChI is InChI=1S/C2H4.3BH3O3.K.H/c1-2;3*2-1(3)4;;/h1-2H2;3*2-4H;;. The van der Waals surface area contributed by atoms with Gasteiger partial charge < -0.3 is 45.2 Å². The summed E-state index contributed by atoms with van der Waals surface area (Å²) in [7, 11) is -6.50. The molecule has 0 aromatic heterocycles. The van der Waals surface area contributed by atoms with Gasteiger partial charge in [-0.25, -0.2) is 0 Å². The molecule has 15 heavy (non-hydrogen) atoms. The molecule has 0 saturated heterocycles. The molecule has 0 heterocycles. The van der Waals surface area contributed by atoms with Gasteiger partial charge in [-0.05, 0) is 0 Å². The van der Waals surface area contributed by atoms with Crippen LogP contribution >= 0.6 is 0 Å². The summed E-state index contributed by atoms with van der Waals surface area (Å²) < 4.78 is 0. The monoisotopic (exact) mass is 254 g/mol. The van der Waals surface area contributed by atoms with E-state index in [9.17, 15) is 0 Å². The van der Waals surface area contributed by atoms with Crippen molar-refractivity contribution in [3.63, 3.8) is 0 Å². The molecule has 0 amide bonds. The van der Waals surface area contributed by atoms with Crippen molar-refractivity contribution in [2.75, 3.05) is 0 Å². The number of rotatable bonds is 0. The third-order valence-corrected chi connectivity index (χ3v) is 0. The molecular formula is C2H14B3KO9. The zero-order chi connectivity index (χ0) is 12.7. The molecule has 0 radical (unpaired) electrons. The van der Waals surface area contributed by atoms with E-state index in [1.165, 1.54) is 0 Å². The second kappa shape index (κ2) is 29.5. The van der Waals surface area contributed by atoms with Gasteiger partial charge in [-0.15, -0.1) is 13.2 Å². The van der Waals surface area contributed by atoms with Crippen molar-refractivity contribution in [2.45, 2.75) is 0 Å². The first kappa shape index (κ1) is 29.8. The molecule has 86 valence electrons. The van der Waals surface area contributed by atoms with Crippen LogP contribution in [0.3, 0.4) is 0 Å². The van der Waals surface area contributed by atoms with Gasteiger partial charge in [0.05, 0.1) is 0 Å². The fraction of sp³-hybridized carbons (Fsp3) is 0. The summed E-state index contributed by atoms with van der Waals surface area (Å²) in [6.45, 7) is 6.00. The minimum atomic E-state index is -2.17. The quantitative estimate of drug-likeness (QED) is 0.150. The van der Waals surface area contributed by atoms with Crippen LogP contribution < -0.4 is 0 Å². The molecular weight excluding hydrogens is 240 g/mol. The molecule has 0 saturated carbocycles. The Morgan fingerprint density at radius 2 is 0.467 bits per heavy atom. The Morgan fingerprint density at radius 1 is 0.467 bits per heavy atom. The molecule has 9 nitrogen and oxygen atoms in total. The van der Waals surface area contributed by atoms with Gasteiger partial charge in [-0.1, -0.05) is 0 Å².